The lowest BCUT2D eigenvalue weighted by Crippen LogP contribution is -2.32. The molecule has 0 spiro atoms. The van der Waals surface area contributed by atoms with E-state index in [2.05, 4.69) is 19.9 Å². The van der Waals surface area contributed by atoms with Crippen molar-refractivity contribution >= 4 is 45.6 Å². The van der Waals surface area contributed by atoms with E-state index in [1.807, 2.05) is 54.1 Å². The van der Waals surface area contributed by atoms with Gasteiger partial charge in [0.15, 0.2) is 0 Å². The van der Waals surface area contributed by atoms with Gasteiger partial charge in [-0.3, -0.25) is 24.6 Å². The summed E-state index contributed by atoms with van der Waals surface area (Å²) in [5.41, 5.74) is 4.90. The summed E-state index contributed by atoms with van der Waals surface area (Å²) in [6, 6.07) is 20.4. The molecule has 204 valence electrons. The maximum atomic E-state index is 13.2. The van der Waals surface area contributed by atoms with Crippen LogP contribution in [0.3, 0.4) is 0 Å². The quantitative estimate of drug-likeness (QED) is 0.124. The molecule has 0 aliphatic carbocycles. The van der Waals surface area contributed by atoms with Gasteiger partial charge in [-0.1, -0.05) is 56.3 Å². The van der Waals surface area contributed by atoms with E-state index in [9.17, 15) is 19.7 Å². The Morgan fingerprint density at radius 2 is 1.80 bits per heavy atom. The number of rotatable bonds is 9. The number of hydrogen-bond acceptors (Lipinski definition) is 6. The molecule has 0 bridgehead atoms. The zero-order valence-corrected chi connectivity index (χ0v) is 23.3. The van der Waals surface area contributed by atoms with E-state index in [1.54, 1.807) is 18.2 Å². The van der Waals surface area contributed by atoms with Gasteiger partial charge in [0.1, 0.15) is 12.4 Å². The number of nitro benzene ring substituents is 1. The first-order valence-corrected chi connectivity index (χ1v) is 13.8. The van der Waals surface area contributed by atoms with E-state index < -0.39 is 4.92 Å². The van der Waals surface area contributed by atoms with Crippen LogP contribution in [0.1, 0.15) is 42.0 Å². The molecule has 4 aromatic rings. The molecule has 0 radical (unpaired) electrons. The summed E-state index contributed by atoms with van der Waals surface area (Å²) in [6.45, 7) is 7.07. The minimum Gasteiger partial charge on any atom is -0.491 e. The molecule has 8 nitrogen and oxygen atoms in total. The summed E-state index contributed by atoms with van der Waals surface area (Å²) >= 11 is 0.929. The van der Waals surface area contributed by atoms with Crippen molar-refractivity contribution in [1.82, 2.24) is 9.47 Å². The Morgan fingerprint density at radius 3 is 2.52 bits per heavy atom. The fourth-order valence-electron chi connectivity index (χ4n) is 4.77. The fourth-order valence-corrected chi connectivity index (χ4v) is 5.62. The van der Waals surface area contributed by atoms with Gasteiger partial charge in [0, 0.05) is 41.3 Å². The topological polar surface area (TPSA) is 94.7 Å². The molecule has 1 fully saturated rings. The number of para-hydroxylation sites is 1. The average Bonchev–Trinajstić information content (AvgIpc) is 3.40. The van der Waals surface area contributed by atoms with Crippen LogP contribution in [0.4, 0.5) is 10.5 Å². The Labute approximate surface area is 236 Å². The molecule has 0 atom stereocenters. The Hall–Kier alpha value is -4.37. The highest BCUT2D eigenvalue weighted by Gasteiger charge is 2.35. The molecule has 40 heavy (non-hydrogen) atoms. The van der Waals surface area contributed by atoms with Crippen molar-refractivity contribution in [1.29, 1.82) is 0 Å². The van der Waals surface area contributed by atoms with Crippen LogP contribution in [0.15, 0.2) is 77.8 Å². The molecule has 9 heteroatoms. The van der Waals surface area contributed by atoms with E-state index in [-0.39, 0.29) is 30.0 Å². The molecule has 2 amide bonds. The number of fused-ring (bicyclic) bond motifs is 1. The Kier molecular flexibility index (Phi) is 7.75. The second kappa shape index (κ2) is 11.4. The number of nitro groups is 1. The number of imide groups is 1. The van der Waals surface area contributed by atoms with Crippen LogP contribution in [0, 0.1) is 17.0 Å². The van der Waals surface area contributed by atoms with Crippen LogP contribution in [-0.2, 0) is 11.3 Å². The number of benzene rings is 3. The number of nitrogens with zero attached hydrogens (tertiary/aromatic N) is 3. The van der Waals surface area contributed by atoms with Crippen molar-refractivity contribution in [3.05, 3.63) is 110 Å². The minimum atomic E-state index is -0.419. The molecule has 2 heterocycles. The summed E-state index contributed by atoms with van der Waals surface area (Å²) in [7, 11) is 0. The molecular weight excluding hydrogens is 526 g/mol. The monoisotopic (exact) mass is 555 g/mol. The molecule has 1 aromatic heterocycles. The third kappa shape index (κ3) is 5.65. The number of carbonyl (C=O) groups excluding carboxylic acids is 2. The van der Waals surface area contributed by atoms with Crippen molar-refractivity contribution in [2.75, 3.05) is 13.2 Å². The summed E-state index contributed by atoms with van der Waals surface area (Å²) in [5, 5.41) is 11.6. The first-order chi connectivity index (χ1) is 19.2. The molecule has 0 saturated carbocycles. The van der Waals surface area contributed by atoms with E-state index in [0.29, 0.717) is 17.4 Å². The smallest absolute Gasteiger partial charge is 0.293 e. The maximum absolute atomic E-state index is 13.2. The third-order valence-electron chi connectivity index (χ3n) is 6.84. The number of aromatic nitrogens is 1. The number of amides is 2. The predicted molar refractivity (Wildman–Crippen MR) is 158 cm³/mol. The van der Waals surface area contributed by atoms with Crippen LogP contribution < -0.4 is 4.74 Å². The van der Waals surface area contributed by atoms with Crippen molar-refractivity contribution in [2.24, 2.45) is 0 Å². The first-order valence-electron chi connectivity index (χ1n) is 13.0. The van der Waals surface area contributed by atoms with Crippen molar-refractivity contribution < 1.29 is 19.2 Å². The van der Waals surface area contributed by atoms with Gasteiger partial charge in [0.2, 0.25) is 0 Å². The number of hydrogen-bond donors (Lipinski definition) is 0. The van der Waals surface area contributed by atoms with Crippen molar-refractivity contribution in [3.63, 3.8) is 0 Å². The van der Waals surface area contributed by atoms with Crippen LogP contribution in [-0.4, -0.2) is 38.7 Å². The van der Waals surface area contributed by atoms with E-state index in [4.69, 9.17) is 4.74 Å². The van der Waals surface area contributed by atoms with Gasteiger partial charge >= 0.3 is 0 Å². The van der Waals surface area contributed by atoms with Crippen molar-refractivity contribution in [2.45, 2.75) is 33.2 Å². The van der Waals surface area contributed by atoms with Crippen LogP contribution in [0.25, 0.3) is 17.0 Å². The van der Waals surface area contributed by atoms with Gasteiger partial charge in [0.05, 0.1) is 16.4 Å². The number of ether oxygens (including phenoxy) is 1. The van der Waals surface area contributed by atoms with E-state index >= 15 is 0 Å². The van der Waals surface area contributed by atoms with Gasteiger partial charge in [-0.25, -0.2) is 0 Å². The second-order valence-electron chi connectivity index (χ2n) is 10.0. The standard InChI is InChI=1S/C31H29N3O5S/c1-20(2)25-13-8-21(3)16-28(25)39-15-14-33-30(35)29(40-31(33)36)17-23-19-32(27-7-5-4-6-26(23)27)18-22-9-11-24(12-10-22)34(37)38/h4-13,16-17,19-20H,14-15,18H2,1-3H3/b29-17-. The molecular formula is C31H29N3O5S. The first kappa shape index (κ1) is 27.2. The van der Waals surface area contributed by atoms with Gasteiger partial charge < -0.3 is 9.30 Å². The van der Waals surface area contributed by atoms with E-state index in [1.165, 1.54) is 17.0 Å². The highest BCUT2D eigenvalue weighted by molar-refractivity contribution is 8.18. The lowest BCUT2D eigenvalue weighted by Gasteiger charge is -2.17. The largest absolute Gasteiger partial charge is 0.491 e. The molecule has 1 aliphatic rings. The molecule has 1 saturated heterocycles. The van der Waals surface area contributed by atoms with Gasteiger partial charge in [-0.15, -0.1) is 0 Å². The summed E-state index contributed by atoms with van der Waals surface area (Å²) in [4.78, 5) is 38.1. The summed E-state index contributed by atoms with van der Waals surface area (Å²) in [5.74, 6) is 0.732. The molecule has 0 N–H and O–H groups in total. The van der Waals surface area contributed by atoms with Gasteiger partial charge in [0.25, 0.3) is 16.8 Å². The third-order valence-corrected chi connectivity index (χ3v) is 7.75. The summed E-state index contributed by atoms with van der Waals surface area (Å²) in [6.07, 6.45) is 3.70. The Balaban J connectivity index is 1.33. The number of thioether (sulfide) groups is 1. The van der Waals surface area contributed by atoms with E-state index in [0.717, 1.165) is 50.7 Å². The predicted octanol–water partition coefficient (Wildman–Crippen LogP) is 7.14. The van der Waals surface area contributed by atoms with Crippen LogP contribution >= 0.6 is 11.8 Å². The maximum Gasteiger partial charge on any atom is 0.293 e. The minimum absolute atomic E-state index is 0.0437. The Morgan fingerprint density at radius 1 is 1.05 bits per heavy atom. The molecule has 3 aromatic carbocycles. The van der Waals surface area contributed by atoms with Gasteiger partial charge in [-0.2, -0.15) is 0 Å². The van der Waals surface area contributed by atoms with Crippen LogP contribution in [0.5, 0.6) is 5.75 Å². The Bertz CT molecular complexity index is 1640. The zero-order chi connectivity index (χ0) is 28.4. The molecule has 0 unspecified atom stereocenters. The zero-order valence-electron chi connectivity index (χ0n) is 22.5. The number of aryl methyl sites for hydroxylation is 1. The lowest BCUT2D eigenvalue weighted by molar-refractivity contribution is -0.384. The van der Waals surface area contributed by atoms with Crippen LogP contribution in [0.2, 0.25) is 0 Å². The normalized spacial score (nSPS) is 14.6. The average molecular weight is 556 g/mol. The number of non-ortho nitro benzene ring substituents is 1. The second-order valence-corrected chi connectivity index (χ2v) is 11.0. The highest BCUT2D eigenvalue weighted by atomic mass is 32.2. The van der Waals surface area contributed by atoms with Gasteiger partial charge in [-0.05, 0) is 59.5 Å². The molecule has 1 aliphatic heterocycles. The number of carbonyl (C=O) groups is 2. The van der Waals surface area contributed by atoms with Crippen molar-refractivity contribution in [3.8, 4) is 5.75 Å². The summed E-state index contributed by atoms with van der Waals surface area (Å²) < 4.78 is 8.05. The lowest BCUT2D eigenvalue weighted by atomic mass is 10.0. The fraction of sp³-hybridized carbons (Fsp3) is 0.226. The highest BCUT2D eigenvalue weighted by Crippen LogP contribution is 2.34. The SMILES string of the molecule is Cc1ccc(C(C)C)c(OCCN2C(=O)S/C(=C\c3cn(Cc4ccc([N+](=O)[O-])cc4)c4ccccc34)C2=O)c1. The molecule has 5 rings (SSSR count).